The number of hydrogen-bond donors (Lipinski definition) is 4. The highest BCUT2D eigenvalue weighted by Crippen LogP contribution is 2.63. The molecule has 0 bridgehead atoms. The van der Waals surface area contributed by atoms with Crippen molar-refractivity contribution >= 4 is 39.4 Å². The molecule has 2 aliphatic carbocycles. The monoisotopic (exact) mass is 671 g/mol. The number of Topliss-reactive ketones (excluding diaryl/α,β-unsaturated/α-hetero) is 1. The maximum Gasteiger partial charge on any atom is 0.315 e. The van der Waals surface area contributed by atoms with Crippen molar-refractivity contribution in [1.82, 2.24) is 26.2 Å². The summed E-state index contributed by atoms with van der Waals surface area (Å²) < 4.78 is 24.5. The number of terminal acetylenes is 2. The van der Waals surface area contributed by atoms with Crippen LogP contribution < -0.4 is 21.3 Å². The van der Waals surface area contributed by atoms with E-state index in [9.17, 15) is 32.4 Å². The number of carbonyl (C=O) groups excluding carboxylic acids is 5. The Bertz CT molecular complexity index is 1500. The summed E-state index contributed by atoms with van der Waals surface area (Å²) in [6.07, 6.45) is 15.6. The molecule has 5 amide bonds. The Hall–Kier alpha value is -3.84. The number of nitrogens with one attached hydrogen (secondary N) is 4. The van der Waals surface area contributed by atoms with E-state index in [0.717, 1.165) is 31.1 Å². The van der Waals surface area contributed by atoms with E-state index in [1.54, 1.807) is 20.8 Å². The highest BCUT2D eigenvalue weighted by atomic mass is 32.2. The first-order chi connectivity index (χ1) is 21.8. The molecule has 258 valence electrons. The van der Waals surface area contributed by atoms with Gasteiger partial charge in [-0.25, -0.2) is 13.2 Å². The van der Waals surface area contributed by atoms with Crippen molar-refractivity contribution in [3.63, 3.8) is 0 Å². The summed E-state index contributed by atoms with van der Waals surface area (Å²) in [5.41, 5.74) is -1.28. The first kappa shape index (κ1) is 37.6. The van der Waals surface area contributed by atoms with Crippen LogP contribution in [-0.2, 0) is 29.0 Å². The second-order valence-corrected chi connectivity index (χ2v) is 16.8. The lowest BCUT2D eigenvalue weighted by atomic mass is 9.83. The number of rotatable bonds is 13. The molecule has 0 aromatic heterocycles. The number of sulfone groups is 1. The molecule has 0 radical (unpaired) electrons. The number of carbonyl (C=O) groups is 5. The number of urea groups is 1. The van der Waals surface area contributed by atoms with Crippen LogP contribution in [0.25, 0.3) is 0 Å². The zero-order valence-electron chi connectivity index (χ0n) is 28.4. The summed E-state index contributed by atoms with van der Waals surface area (Å²) in [6, 6.07) is -2.99. The Balaban J connectivity index is 1.86. The third-order valence-electron chi connectivity index (χ3n) is 9.30. The fourth-order valence-electron chi connectivity index (χ4n) is 6.76. The standard InChI is InChI=1S/C34H49N5O7S/c1-9-11-16-23(26(40)29(42)35-19-12-10-2)36-28(41)25-24-22(33(24,6)7)20-39(25)30(43)27(32(3,4)5)37-31(44)38-34(21-47(8,45)46)17-14-13-15-18-34/h1-2,22-23,27H,11-21H2,3-8H3,(H,35,42)(H,36,41)(H2,37,38,44)/t22?,23?,27-/m1/s1. The number of amides is 5. The second kappa shape index (κ2) is 14.5. The van der Waals surface area contributed by atoms with Gasteiger partial charge in [-0.2, -0.15) is 0 Å². The molecule has 0 spiro atoms. The van der Waals surface area contributed by atoms with Crippen LogP contribution in [0.4, 0.5) is 4.79 Å². The van der Waals surface area contributed by atoms with Gasteiger partial charge in [0.25, 0.3) is 11.8 Å². The van der Waals surface area contributed by atoms with Gasteiger partial charge in [-0.1, -0.05) is 53.9 Å². The van der Waals surface area contributed by atoms with Crippen LogP contribution in [-0.4, -0.2) is 85.6 Å². The number of nitrogens with zero attached hydrogens (tertiary/aromatic N) is 1. The van der Waals surface area contributed by atoms with E-state index >= 15 is 0 Å². The molecule has 2 unspecified atom stereocenters. The molecule has 2 fully saturated rings. The molecular weight excluding hydrogens is 622 g/mol. The fraction of sp³-hybridized carbons (Fsp3) is 0.676. The van der Waals surface area contributed by atoms with Crippen molar-refractivity contribution < 1.29 is 32.4 Å². The minimum absolute atomic E-state index is 0.00852. The molecule has 4 N–H and O–H groups in total. The summed E-state index contributed by atoms with van der Waals surface area (Å²) in [5.74, 6) is 1.48. The molecular formula is C34H49N5O7S. The molecule has 1 heterocycles. The lowest BCUT2D eigenvalue weighted by Gasteiger charge is -2.39. The summed E-state index contributed by atoms with van der Waals surface area (Å²) in [6.45, 7) is 9.56. The van der Waals surface area contributed by atoms with Crippen molar-refractivity contribution in [2.75, 3.05) is 25.1 Å². The van der Waals surface area contributed by atoms with Gasteiger partial charge in [-0.15, -0.1) is 24.7 Å². The van der Waals surface area contributed by atoms with Crippen LogP contribution >= 0.6 is 0 Å². The van der Waals surface area contributed by atoms with Crippen LogP contribution in [0, 0.1) is 41.4 Å². The van der Waals surface area contributed by atoms with Gasteiger partial charge in [0.2, 0.25) is 11.7 Å². The molecule has 13 heteroatoms. The number of ketones is 1. The Morgan fingerprint density at radius 2 is 1.62 bits per heavy atom. The summed E-state index contributed by atoms with van der Waals surface area (Å²) >= 11 is 0. The smallest absolute Gasteiger partial charge is 0.315 e. The van der Waals surface area contributed by atoms with Gasteiger partial charge in [0.05, 0.1) is 17.3 Å². The summed E-state index contributed by atoms with van der Waals surface area (Å²) in [7, 11) is -3.41. The number of hydrogen-bond acceptors (Lipinski definition) is 7. The molecule has 2 saturated carbocycles. The topological polar surface area (TPSA) is 171 Å². The van der Waals surface area contributed by atoms with Crippen molar-refractivity contribution in [3.8, 4) is 24.7 Å². The predicted molar refractivity (Wildman–Crippen MR) is 178 cm³/mol. The molecule has 3 rings (SSSR count). The molecule has 0 saturated heterocycles. The Morgan fingerprint density at radius 3 is 2.17 bits per heavy atom. The molecule has 1 aliphatic heterocycles. The van der Waals surface area contributed by atoms with Crippen LogP contribution in [0.1, 0.15) is 86.0 Å². The van der Waals surface area contributed by atoms with E-state index in [2.05, 4.69) is 33.1 Å². The van der Waals surface area contributed by atoms with Crippen molar-refractivity contribution in [3.05, 3.63) is 11.3 Å². The zero-order chi connectivity index (χ0) is 35.4. The van der Waals surface area contributed by atoms with Gasteiger partial charge >= 0.3 is 6.03 Å². The highest BCUT2D eigenvalue weighted by Gasteiger charge is 2.62. The zero-order valence-corrected chi connectivity index (χ0v) is 29.2. The van der Waals surface area contributed by atoms with E-state index in [1.807, 2.05) is 13.8 Å². The lowest BCUT2D eigenvalue weighted by Crippen LogP contribution is -2.62. The van der Waals surface area contributed by atoms with Gasteiger partial charge in [0.1, 0.15) is 21.6 Å². The molecule has 3 aliphatic rings. The van der Waals surface area contributed by atoms with Crippen LogP contribution in [0.5, 0.6) is 0 Å². The van der Waals surface area contributed by atoms with Crippen molar-refractivity contribution in [2.24, 2.45) is 16.7 Å². The predicted octanol–water partition coefficient (Wildman–Crippen LogP) is 1.81. The number of fused-ring (bicyclic) bond motifs is 1. The molecule has 47 heavy (non-hydrogen) atoms. The van der Waals surface area contributed by atoms with Gasteiger partial charge in [0.15, 0.2) is 0 Å². The summed E-state index contributed by atoms with van der Waals surface area (Å²) in [5, 5.41) is 10.8. The SMILES string of the molecule is C#CCCNC(=O)C(=O)C(CCC#C)NC(=O)C1=C2C(CN1C(=O)[C@@H](NC(=O)NC1(CS(C)(=O)=O)CCCCC1)C(C)(C)C)C2(C)C. The Kier molecular flexibility index (Phi) is 11.6. The Morgan fingerprint density at radius 1 is 1.00 bits per heavy atom. The lowest BCUT2D eigenvalue weighted by molar-refractivity contribution is -0.140. The molecule has 3 atom stereocenters. The van der Waals surface area contributed by atoms with E-state index in [4.69, 9.17) is 12.8 Å². The summed E-state index contributed by atoms with van der Waals surface area (Å²) in [4.78, 5) is 68.5. The molecule has 0 aromatic carbocycles. The third kappa shape index (κ3) is 9.16. The molecule has 0 aromatic rings. The molecule has 12 nitrogen and oxygen atoms in total. The first-order valence-electron chi connectivity index (χ1n) is 16.1. The van der Waals surface area contributed by atoms with E-state index in [1.165, 1.54) is 4.90 Å². The first-order valence-corrected chi connectivity index (χ1v) is 18.2. The van der Waals surface area contributed by atoms with Gasteiger partial charge < -0.3 is 26.2 Å². The quantitative estimate of drug-likeness (QED) is 0.131. The van der Waals surface area contributed by atoms with Crippen LogP contribution in [0.2, 0.25) is 0 Å². The largest absolute Gasteiger partial charge is 0.348 e. The van der Waals surface area contributed by atoms with Gasteiger partial charge in [0, 0.05) is 38.1 Å². The van der Waals surface area contributed by atoms with Crippen LogP contribution in [0.3, 0.4) is 0 Å². The highest BCUT2D eigenvalue weighted by molar-refractivity contribution is 7.90. The minimum Gasteiger partial charge on any atom is -0.348 e. The third-order valence-corrected chi connectivity index (χ3v) is 10.4. The maximum atomic E-state index is 14.3. The Labute approximate surface area is 278 Å². The van der Waals surface area contributed by atoms with Crippen molar-refractivity contribution in [2.45, 2.75) is 104 Å². The average Bonchev–Trinajstić information content (AvgIpc) is 3.27. The normalized spacial score (nSPS) is 20.9. The van der Waals surface area contributed by atoms with Gasteiger partial charge in [-0.05, 0) is 35.7 Å². The van der Waals surface area contributed by atoms with E-state index in [0.29, 0.717) is 12.8 Å². The van der Waals surface area contributed by atoms with Crippen LogP contribution in [0.15, 0.2) is 11.3 Å². The maximum absolute atomic E-state index is 14.3. The van der Waals surface area contributed by atoms with Gasteiger partial charge in [-0.3, -0.25) is 19.2 Å². The minimum atomic E-state index is -3.41. The average molecular weight is 672 g/mol. The van der Waals surface area contributed by atoms with E-state index in [-0.39, 0.29) is 55.1 Å². The van der Waals surface area contributed by atoms with E-state index < -0.39 is 62.4 Å². The second-order valence-electron chi connectivity index (χ2n) is 14.6. The van der Waals surface area contributed by atoms with Crippen molar-refractivity contribution in [1.29, 1.82) is 0 Å². The fourth-order valence-corrected chi connectivity index (χ4v) is 8.12.